The summed E-state index contributed by atoms with van der Waals surface area (Å²) in [6.07, 6.45) is 2.12. The van der Waals surface area contributed by atoms with Crippen molar-refractivity contribution >= 4 is 15.9 Å². The summed E-state index contributed by atoms with van der Waals surface area (Å²) >= 11 is 3.32. The highest BCUT2D eigenvalue weighted by atomic mass is 79.9. The molecule has 0 radical (unpaired) electrons. The van der Waals surface area contributed by atoms with Crippen LogP contribution < -0.4 is 4.74 Å². The summed E-state index contributed by atoms with van der Waals surface area (Å²) in [5, 5.41) is 0. The molecule has 0 aromatic carbocycles. The van der Waals surface area contributed by atoms with Crippen molar-refractivity contribution in [3.05, 3.63) is 22.4 Å². The van der Waals surface area contributed by atoms with Crippen LogP contribution in [0.2, 0.25) is 0 Å². The van der Waals surface area contributed by atoms with E-state index in [9.17, 15) is 0 Å². The van der Waals surface area contributed by atoms with Crippen molar-refractivity contribution in [2.24, 2.45) is 0 Å². The van der Waals surface area contributed by atoms with Gasteiger partial charge in [-0.05, 0) is 40.9 Å². The fourth-order valence-corrected chi connectivity index (χ4v) is 1.54. The van der Waals surface area contributed by atoms with Crippen molar-refractivity contribution < 1.29 is 4.74 Å². The van der Waals surface area contributed by atoms with Crippen LogP contribution in [0.5, 0.6) is 5.75 Å². The molecule has 58 valence electrons. The van der Waals surface area contributed by atoms with Gasteiger partial charge in [0.25, 0.3) is 0 Å². The zero-order valence-corrected chi connectivity index (χ0v) is 7.60. The molecule has 11 heavy (non-hydrogen) atoms. The van der Waals surface area contributed by atoms with Gasteiger partial charge in [0, 0.05) is 0 Å². The van der Waals surface area contributed by atoms with Crippen molar-refractivity contribution in [3.63, 3.8) is 0 Å². The molecule has 0 saturated carbocycles. The quantitative estimate of drug-likeness (QED) is 0.617. The number of halogens is 1. The average Bonchev–Trinajstić information content (AvgIpc) is 2.04. The number of rotatable bonds is 0. The fourth-order valence-electron chi connectivity index (χ4n) is 1.19. The molecule has 0 aliphatic carbocycles. The van der Waals surface area contributed by atoms with Crippen LogP contribution in [0.4, 0.5) is 0 Å². The molecule has 2 heterocycles. The van der Waals surface area contributed by atoms with Gasteiger partial charge >= 0.3 is 0 Å². The van der Waals surface area contributed by atoms with E-state index in [2.05, 4.69) is 20.9 Å². The summed E-state index contributed by atoms with van der Waals surface area (Å²) in [7, 11) is 0. The van der Waals surface area contributed by atoms with Gasteiger partial charge in [-0.15, -0.1) is 0 Å². The molecule has 0 amide bonds. The highest BCUT2D eigenvalue weighted by molar-refractivity contribution is 9.10. The Morgan fingerprint density at radius 3 is 3.27 bits per heavy atom. The molecular weight excluding hydrogens is 206 g/mol. The molecule has 0 bridgehead atoms. The average molecular weight is 214 g/mol. The van der Waals surface area contributed by atoms with Gasteiger partial charge in [-0.25, -0.2) is 4.98 Å². The normalized spacial score (nSPS) is 15.4. The van der Waals surface area contributed by atoms with Gasteiger partial charge in [0.2, 0.25) is 0 Å². The SMILES string of the molecule is Brc1ccc2c(n1)CCCO2. The van der Waals surface area contributed by atoms with Crippen LogP contribution in [0, 0.1) is 0 Å². The van der Waals surface area contributed by atoms with Gasteiger partial charge < -0.3 is 4.74 Å². The monoisotopic (exact) mass is 213 g/mol. The number of fused-ring (bicyclic) bond motifs is 1. The summed E-state index contributed by atoms with van der Waals surface area (Å²) in [5.74, 6) is 0.944. The number of hydrogen-bond acceptors (Lipinski definition) is 2. The van der Waals surface area contributed by atoms with Gasteiger partial charge in [-0.1, -0.05) is 0 Å². The lowest BCUT2D eigenvalue weighted by Crippen LogP contribution is -2.09. The third-order valence-electron chi connectivity index (χ3n) is 1.71. The van der Waals surface area contributed by atoms with Crippen molar-refractivity contribution in [2.45, 2.75) is 12.8 Å². The fraction of sp³-hybridized carbons (Fsp3) is 0.375. The van der Waals surface area contributed by atoms with Crippen molar-refractivity contribution in [3.8, 4) is 5.75 Å². The Hall–Kier alpha value is -0.570. The third kappa shape index (κ3) is 1.38. The molecular formula is C8H8BrNO. The van der Waals surface area contributed by atoms with Gasteiger partial charge in [0.05, 0.1) is 12.3 Å². The second-order valence-electron chi connectivity index (χ2n) is 2.53. The number of aromatic nitrogens is 1. The lowest BCUT2D eigenvalue weighted by Gasteiger charge is -2.15. The van der Waals surface area contributed by atoms with Gasteiger partial charge in [-0.3, -0.25) is 0 Å². The van der Waals surface area contributed by atoms with Crippen LogP contribution in [-0.4, -0.2) is 11.6 Å². The van der Waals surface area contributed by atoms with E-state index in [4.69, 9.17) is 4.74 Å². The van der Waals surface area contributed by atoms with Gasteiger partial charge in [0.15, 0.2) is 0 Å². The lowest BCUT2D eigenvalue weighted by atomic mass is 10.2. The zero-order valence-electron chi connectivity index (χ0n) is 6.01. The molecule has 0 N–H and O–H groups in total. The molecule has 1 aromatic heterocycles. The molecule has 1 aliphatic heterocycles. The van der Waals surface area contributed by atoms with Crippen LogP contribution in [0.1, 0.15) is 12.1 Å². The molecule has 0 saturated heterocycles. The Balaban J connectivity index is 2.43. The smallest absolute Gasteiger partial charge is 0.140 e. The second kappa shape index (κ2) is 2.81. The maximum absolute atomic E-state index is 5.40. The largest absolute Gasteiger partial charge is 0.492 e. The van der Waals surface area contributed by atoms with Crippen LogP contribution in [0.15, 0.2) is 16.7 Å². The standard InChI is InChI=1S/C8H8BrNO/c9-8-4-3-7-6(10-8)2-1-5-11-7/h3-4H,1-2,5H2. The molecule has 1 aromatic rings. The summed E-state index contributed by atoms with van der Waals surface area (Å²) in [4.78, 5) is 4.31. The van der Waals surface area contributed by atoms with Gasteiger partial charge in [0.1, 0.15) is 10.4 Å². The van der Waals surface area contributed by atoms with Crippen LogP contribution in [0.25, 0.3) is 0 Å². The van der Waals surface area contributed by atoms with E-state index in [1.165, 1.54) is 0 Å². The van der Waals surface area contributed by atoms with E-state index in [1.54, 1.807) is 0 Å². The highest BCUT2D eigenvalue weighted by Crippen LogP contribution is 2.24. The Morgan fingerprint density at radius 1 is 1.45 bits per heavy atom. The van der Waals surface area contributed by atoms with Crippen molar-refractivity contribution in [2.75, 3.05) is 6.61 Å². The van der Waals surface area contributed by atoms with E-state index in [-0.39, 0.29) is 0 Å². The topological polar surface area (TPSA) is 22.1 Å². The molecule has 0 atom stereocenters. The first-order chi connectivity index (χ1) is 5.36. The number of aryl methyl sites for hydroxylation is 1. The predicted molar refractivity (Wildman–Crippen MR) is 45.8 cm³/mol. The van der Waals surface area contributed by atoms with Crippen LogP contribution >= 0.6 is 15.9 Å². The summed E-state index contributed by atoms with van der Waals surface area (Å²) in [5.41, 5.74) is 1.07. The van der Waals surface area contributed by atoms with Gasteiger partial charge in [-0.2, -0.15) is 0 Å². The maximum Gasteiger partial charge on any atom is 0.140 e. The third-order valence-corrected chi connectivity index (χ3v) is 2.16. The van der Waals surface area contributed by atoms with Crippen molar-refractivity contribution in [1.29, 1.82) is 0 Å². The van der Waals surface area contributed by atoms with E-state index >= 15 is 0 Å². The zero-order chi connectivity index (χ0) is 7.68. The Labute approximate surface area is 73.7 Å². The first kappa shape index (κ1) is 7.10. The summed E-state index contributed by atoms with van der Waals surface area (Å²) in [6, 6.07) is 3.87. The summed E-state index contributed by atoms with van der Waals surface area (Å²) < 4.78 is 6.29. The Bertz CT molecular complexity index is 275. The first-order valence-corrected chi connectivity index (χ1v) is 4.44. The number of pyridine rings is 1. The second-order valence-corrected chi connectivity index (χ2v) is 3.34. The highest BCUT2D eigenvalue weighted by Gasteiger charge is 2.10. The van der Waals surface area contributed by atoms with E-state index in [0.717, 1.165) is 35.5 Å². The Morgan fingerprint density at radius 2 is 2.36 bits per heavy atom. The molecule has 1 aliphatic rings. The first-order valence-electron chi connectivity index (χ1n) is 3.64. The lowest BCUT2D eigenvalue weighted by molar-refractivity contribution is 0.284. The maximum atomic E-state index is 5.40. The molecule has 0 unspecified atom stereocenters. The molecule has 2 nitrogen and oxygen atoms in total. The van der Waals surface area contributed by atoms with Crippen LogP contribution in [0.3, 0.4) is 0 Å². The summed E-state index contributed by atoms with van der Waals surface area (Å²) in [6.45, 7) is 0.830. The van der Waals surface area contributed by atoms with E-state index in [0.29, 0.717) is 0 Å². The number of ether oxygens (including phenoxy) is 1. The molecule has 0 fully saturated rings. The molecule has 0 spiro atoms. The van der Waals surface area contributed by atoms with Crippen molar-refractivity contribution in [1.82, 2.24) is 4.98 Å². The minimum Gasteiger partial charge on any atom is -0.492 e. The molecule has 2 rings (SSSR count). The number of hydrogen-bond donors (Lipinski definition) is 0. The van der Waals surface area contributed by atoms with E-state index in [1.807, 2.05) is 12.1 Å². The van der Waals surface area contributed by atoms with E-state index < -0.39 is 0 Å². The minimum atomic E-state index is 0.830. The number of nitrogens with zero attached hydrogens (tertiary/aromatic N) is 1. The van der Waals surface area contributed by atoms with Crippen LogP contribution in [-0.2, 0) is 6.42 Å². The molecule has 3 heteroatoms. The minimum absolute atomic E-state index is 0.830. The predicted octanol–water partition coefficient (Wildman–Crippen LogP) is 2.17. The Kier molecular flexibility index (Phi) is 1.82.